The maximum atomic E-state index is 10.8. The zero-order valence-corrected chi connectivity index (χ0v) is 7.74. The molecule has 70 valence electrons. The molecule has 0 unspecified atom stereocenters. The quantitative estimate of drug-likeness (QED) is 0.742. The van der Waals surface area contributed by atoms with Gasteiger partial charge in [0.05, 0.1) is 5.56 Å². The predicted octanol–water partition coefficient (Wildman–Crippen LogP) is 1.67. The first-order valence-electron chi connectivity index (χ1n) is 4.16. The molecular weight excluding hydrogens is 166 g/mol. The molecule has 0 fully saturated rings. The molecule has 0 amide bonds. The van der Waals surface area contributed by atoms with Crippen LogP contribution in [0.5, 0.6) is 0 Å². The minimum absolute atomic E-state index is 0.0623. The number of hydrogen-bond acceptors (Lipinski definition) is 2. The van der Waals surface area contributed by atoms with Gasteiger partial charge in [0.25, 0.3) is 0 Å². The second kappa shape index (κ2) is 4.05. The van der Waals surface area contributed by atoms with Crippen molar-refractivity contribution in [3.05, 3.63) is 35.4 Å². The van der Waals surface area contributed by atoms with Gasteiger partial charge in [-0.2, -0.15) is 0 Å². The molecular formula is C10H13NO2. The number of carbonyl (C=O) groups is 1. The number of aromatic carboxylic acids is 1. The fourth-order valence-electron chi connectivity index (χ4n) is 1.22. The van der Waals surface area contributed by atoms with E-state index in [1.165, 1.54) is 0 Å². The summed E-state index contributed by atoms with van der Waals surface area (Å²) in [5.41, 5.74) is 1.18. The molecule has 0 aromatic heterocycles. The van der Waals surface area contributed by atoms with Crippen LogP contribution in [0.25, 0.3) is 0 Å². The van der Waals surface area contributed by atoms with Crippen LogP contribution in [0, 0.1) is 0 Å². The molecule has 1 aromatic carbocycles. The second-order valence-corrected chi connectivity index (χ2v) is 2.90. The number of hydrogen-bond donors (Lipinski definition) is 2. The Morgan fingerprint density at radius 2 is 2.08 bits per heavy atom. The first-order valence-corrected chi connectivity index (χ1v) is 4.16. The largest absolute Gasteiger partial charge is 0.478 e. The van der Waals surface area contributed by atoms with Gasteiger partial charge >= 0.3 is 5.97 Å². The van der Waals surface area contributed by atoms with Crippen LogP contribution in [0.2, 0.25) is 0 Å². The molecule has 0 aliphatic rings. The lowest BCUT2D eigenvalue weighted by Crippen LogP contribution is -2.16. The minimum Gasteiger partial charge on any atom is -0.478 e. The molecule has 13 heavy (non-hydrogen) atoms. The van der Waals surface area contributed by atoms with E-state index in [1.54, 1.807) is 12.1 Å². The summed E-state index contributed by atoms with van der Waals surface area (Å²) in [4.78, 5) is 10.8. The lowest BCUT2D eigenvalue weighted by molar-refractivity contribution is 0.0695. The minimum atomic E-state index is -0.877. The molecule has 0 aliphatic heterocycles. The first-order chi connectivity index (χ1) is 6.16. The smallest absolute Gasteiger partial charge is 0.336 e. The van der Waals surface area contributed by atoms with Gasteiger partial charge in [0.15, 0.2) is 0 Å². The van der Waals surface area contributed by atoms with Gasteiger partial charge in [-0.25, -0.2) is 4.79 Å². The molecule has 0 saturated carbocycles. The van der Waals surface area contributed by atoms with Gasteiger partial charge in [0.2, 0.25) is 0 Å². The highest BCUT2D eigenvalue weighted by Gasteiger charge is 2.12. The van der Waals surface area contributed by atoms with Gasteiger partial charge in [0, 0.05) is 6.04 Å². The van der Waals surface area contributed by atoms with Crippen LogP contribution >= 0.6 is 0 Å². The van der Waals surface area contributed by atoms with Gasteiger partial charge in [-0.3, -0.25) is 0 Å². The number of carboxylic acid groups (broad SMARTS) is 1. The molecule has 0 aliphatic carbocycles. The van der Waals surface area contributed by atoms with E-state index in [0.717, 1.165) is 5.56 Å². The average molecular weight is 179 g/mol. The van der Waals surface area contributed by atoms with E-state index in [9.17, 15) is 4.79 Å². The molecule has 1 aromatic rings. The zero-order chi connectivity index (χ0) is 9.84. The number of nitrogens with one attached hydrogen (secondary N) is 1. The van der Waals surface area contributed by atoms with E-state index >= 15 is 0 Å². The van der Waals surface area contributed by atoms with Crippen LogP contribution < -0.4 is 5.32 Å². The lowest BCUT2D eigenvalue weighted by atomic mass is 10.0. The van der Waals surface area contributed by atoms with Crippen molar-refractivity contribution in [3.63, 3.8) is 0 Å². The van der Waals surface area contributed by atoms with Crippen molar-refractivity contribution in [1.82, 2.24) is 5.32 Å². The fraction of sp³-hybridized carbons (Fsp3) is 0.300. The molecule has 0 heterocycles. The Hall–Kier alpha value is -1.35. The van der Waals surface area contributed by atoms with Gasteiger partial charge in [0.1, 0.15) is 0 Å². The van der Waals surface area contributed by atoms with Crippen LogP contribution in [0.1, 0.15) is 28.9 Å². The molecule has 3 heteroatoms. The van der Waals surface area contributed by atoms with E-state index in [0.29, 0.717) is 5.56 Å². The Morgan fingerprint density at radius 1 is 1.46 bits per heavy atom. The van der Waals surface area contributed by atoms with E-state index in [-0.39, 0.29) is 6.04 Å². The van der Waals surface area contributed by atoms with Crippen molar-refractivity contribution in [2.75, 3.05) is 7.05 Å². The van der Waals surface area contributed by atoms with Crippen LogP contribution in [0.3, 0.4) is 0 Å². The fourth-order valence-corrected chi connectivity index (χ4v) is 1.22. The topological polar surface area (TPSA) is 49.3 Å². The second-order valence-electron chi connectivity index (χ2n) is 2.90. The maximum Gasteiger partial charge on any atom is 0.336 e. The van der Waals surface area contributed by atoms with Gasteiger partial charge in [-0.15, -0.1) is 0 Å². The van der Waals surface area contributed by atoms with Crippen molar-refractivity contribution in [1.29, 1.82) is 0 Å². The molecule has 2 N–H and O–H groups in total. The van der Waals surface area contributed by atoms with Crippen molar-refractivity contribution < 1.29 is 9.90 Å². The predicted molar refractivity (Wildman–Crippen MR) is 50.9 cm³/mol. The summed E-state index contributed by atoms with van der Waals surface area (Å²) < 4.78 is 0. The third-order valence-corrected chi connectivity index (χ3v) is 2.09. The SMILES string of the molecule is CN[C@H](C)c1ccccc1C(=O)O. The lowest BCUT2D eigenvalue weighted by Gasteiger charge is -2.12. The number of carboxylic acids is 1. The van der Waals surface area contributed by atoms with Crippen LogP contribution in [0.15, 0.2) is 24.3 Å². The third kappa shape index (κ3) is 2.06. The van der Waals surface area contributed by atoms with Crippen molar-refractivity contribution in [2.45, 2.75) is 13.0 Å². The van der Waals surface area contributed by atoms with Crippen molar-refractivity contribution in [3.8, 4) is 0 Å². The van der Waals surface area contributed by atoms with Crippen molar-refractivity contribution >= 4 is 5.97 Å². The summed E-state index contributed by atoms with van der Waals surface area (Å²) in [6.45, 7) is 1.93. The maximum absolute atomic E-state index is 10.8. The normalized spacial score (nSPS) is 12.5. The Morgan fingerprint density at radius 3 is 2.62 bits per heavy atom. The van der Waals surface area contributed by atoms with E-state index in [4.69, 9.17) is 5.11 Å². The Kier molecular flexibility index (Phi) is 3.03. The van der Waals surface area contributed by atoms with Crippen LogP contribution in [0.4, 0.5) is 0 Å². The van der Waals surface area contributed by atoms with Gasteiger partial charge in [-0.1, -0.05) is 18.2 Å². The molecule has 1 atom stereocenters. The molecule has 0 spiro atoms. The highest BCUT2D eigenvalue weighted by atomic mass is 16.4. The van der Waals surface area contributed by atoms with E-state index in [1.807, 2.05) is 26.1 Å². The monoisotopic (exact) mass is 179 g/mol. The molecule has 0 radical (unpaired) electrons. The zero-order valence-electron chi connectivity index (χ0n) is 7.74. The third-order valence-electron chi connectivity index (χ3n) is 2.09. The van der Waals surface area contributed by atoms with Crippen molar-refractivity contribution in [2.24, 2.45) is 0 Å². The number of benzene rings is 1. The van der Waals surface area contributed by atoms with Gasteiger partial charge in [-0.05, 0) is 25.6 Å². The van der Waals surface area contributed by atoms with Crippen LogP contribution in [-0.2, 0) is 0 Å². The summed E-state index contributed by atoms with van der Waals surface area (Å²) in [6.07, 6.45) is 0. The molecule has 0 bridgehead atoms. The van der Waals surface area contributed by atoms with E-state index in [2.05, 4.69) is 5.32 Å². The van der Waals surface area contributed by atoms with Crippen LogP contribution in [-0.4, -0.2) is 18.1 Å². The first kappa shape index (κ1) is 9.74. The highest BCUT2D eigenvalue weighted by molar-refractivity contribution is 5.89. The molecule has 3 nitrogen and oxygen atoms in total. The summed E-state index contributed by atoms with van der Waals surface area (Å²) in [5.74, 6) is -0.877. The Bertz CT molecular complexity index is 310. The summed E-state index contributed by atoms with van der Waals surface area (Å²) >= 11 is 0. The summed E-state index contributed by atoms with van der Waals surface area (Å²) in [5, 5.41) is 11.9. The molecule has 1 rings (SSSR count). The highest BCUT2D eigenvalue weighted by Crippen LogP contribution is 2.16. The standard InChI is InChI=1S/C10H13NO2/c1-7(11-2)8-5-3-4-6-9(8)10(12)13/h3-7,11H,1-2H3,(H,12,13)/t7-/m1/s1. The summed E-state index contributed by atoms with van der Waals surface area (Å²) in [7, 11) is 1.81. The van der Waals surface area contributed by atoms with E-state index < -0.39 is 5.97 Å². The number of rotatable bonds is 3. The Balaban J connectivity index is 3.11. The van der Waals surface area contributed by atoms with Gasteiger partial charge < -0.3 is 10.4 Å². The summed E-state index contributed by atoms with van der Waals surface area (Å²) in [6, 6.07) is 7.08. The molecule has 0 saturated heterocycles. The average Bonchev–Trinajstić information content (AvgIpc) is 2.16. The Labute approximate surface area is 77.4 Å².